The highest BCUT2D eigenvalue weighted by atomic mass is 35.5. The fourth-order valence-electron chi connectivity index (χ4n) is 5.56. The van der Waals surface area contributed by atoms with Crippen LogP contribution >= 0.6 is 11.6 Å². The Kier molecular flexibility index (Phi) is 5.80. The molecule has 2 aromatic heterocycles. The van der Waals surface area contributed by atoms with Gasteiger partial charge in [0.05, 0.1) is 0 Å². The van der Waals surface area contributed by atoms with Crippen molar-refractivity contribution in [1.82, 2.24) is 15.0 Å². The zero-order chi connectivity index (χ0) is 28.0. The maximum atomic E-state index is 6.57. The molecule has 0 atom stereocenters. The third-order valence-electron chi connectivity index (χ3n) is 7.57. The van der Waals surface area contributed by atoms with Crippen LogP contribution in [-0.2, 0) is 0 Å². The van der Waals surface area contributed by atoms with E-state index >= 15 is 0 Å². The van der Waals surface area contributed by atoms with Crippen LogP contribution in [0.2, 0.25) is 5.02 Å². The second-order valence-electron chi connectivity index (χ2n) is 10.2. The van der Waals surface area contributed by atoms with Crippen molar-refractivity contribution in [3.8, 4) is 45.3 Å². The van der Waals surface area contributed by atoms with Crippen molar-refractivity contribution in [2.45, 2.75) is 0 Å². The first-order valence-corrected chi connectivity index (χ1v) is 14.1. The van der Waals surface area contributed by atoms with Gasteiger partial charge < -0.3 is 4.42 Å². The zero-order valence-electron chi connectivity index (χ0n) is 22.3. The molecule has 2 heterocycles. The Bertz CT molecular complexity index is 2240. The molecular weight excluding hydrogens is 538 g/mol. The standard InChI is InChI=1S/C37H22ClN3O/c38-28-18-15-26(16-19-28)36-39-35(25-12-5-2-6-13-25)40-37(41-36)27-21-30(23-9-3-1-4-10-23)34-31(22-27)33-29-14-8-7-11-24(29)17-20-32(33)42-34/h1-22H. The van der Waals surface area contributed by atoms with Crippen molar-refractivity contribution in [3.05, 3.63) is 138 Å². The van der Waals surface area contributed by atoms with Crippen molar-refractivity contribution in [2.24, 2.45) is 0 Å². The topological polar surface area (TPSA) is 51.8 Å². The molecule has 42 heavy (non-hydrogen) atoms. The average Bonchev–Trinajstić information content (AvgIpc) is 3.44. The third-order valence-corrected chi connectivity index (χ3v) is 7.83. The fourth-order valence-corrected chi connectivity index (χ4v) is 5.69. The molecule has 0 aliphatic carbocycles. The second kappa shape index (κ2) is 9.95. The van der Waals surface area contributed by atoms with Gasteiger partial charge in [0.2, 0.25) is 0 Å². The summed E-state index contributed by atoms with van der Waals surface area (Å²) in [6, 6.07) is 44.7. The van der Waals surface area contributed by atoms with Gasteiger partial charge in [0.1, 0.15) is 11.2 Å². The first-order valence-electron chi connectivity index (χ1n) is 13.7. The van der Waals surface area contributed by atoms with E-state index in [0.717, 1.165) is 60.5 Å². The lowest BCUT2D eigenvalue weighted by Gasteiger charge is -2.10. The summed E-state index contributed by atoms with van der Waals surface area (Å²) in [5.41, 5.74) is 6.39. The van der Waals surface area contributed by atoms with E-state index in [9.17, 15) is 0 Å². The molecule has 6 aromatic carbocycles. The van der Waals surface area contributed by atoms with Gasteiger partial charge in [0, 0.05) is 38.0 Å². The van der Waals surface area contributed by atoms with Crippen molar-refractivity contribution in [1.29, 1.82) is 0 Å². The maximum absolute atomic E-state index is 6.57. The first kappa shape index (κ1) is 24.5. The van der Waals surface area contributed by atoms with E-state index in [-0.39, 0.29) is 0 Å². The number of rotatable bonds is 4. The minimum atomic E-state index is 0.583. The monoisotopic (exact) mass is 559 g/mol. The molecule has 0 radical (unpaired) electrons. The van der Waals surface area contributed by atoms with E-state index in [1.54, 1.807) is 0 Å². The van der Waals surface area contributed by atoms with Crippen LogP contribution in [0.5, 0.6) is 0 Å². The van der Waals surface area contributed by atoms with Gasteiger partial charge in [-0.15, -0.1) is 0 Å². The Labute approximate surface area is 246 Å². The second-order valence-corrected chi connectivity index (χ2v) is 10.6. The lowest BCUT2D eigenvalue weighted by atomic mass is 9.97. The van der Waals surface area contributed by atoms with Crippen molar-refractivity contribution < 1.29 is 4.42 Å². The number of halogens is 1. The molecule has 0 unspecified atom stereocenters. The Morgan fingerprint density at radius 1 is 0.476 bits per heavy atom. The highest BCUT2D eigenvalue weighted by molar-refractivity contribution is 6.30. The smallest absolute Gasteiger partial charge is 0.164 e. The molecule has 0 amide bonds. The molecule has 8 rings (SSSR count). The van der Waals surface area contributed by atoms with Crippen LogP contribution in [0.3, 0.4) is 0 Å². The fraction of sp³-hybridized carbons (Fsp3) is 0. The molecule has 0 bridgehead atoms. The van der Waals surface area contributed by atoms with Gasteiger partial charge in [-0.05, 0) is 58.8 Å². The van der Waals surface area contributed by atoms with E-state index in [4.69, 9.17) is 31.0 Å². The van der Waals surface area contributed by atoms with Gasteiger partial charge in [0.15, 0.2) is 17.5 Å². The average molecular weight is 560 g/mol. The summed E-state index contributed by atoms with van der Waals surface area (Å²) in [4.78, 5) is 14.9. The normalized spacial score (nSPS) is 11.5. The van der Waals surface area contributed by atoms with Gasteiger partial charge in [-0.25, -0.2) is 15.0 Å². The Morgan fingerprint density at radius 3 is 1.79 bits per heavy atom. The molecule has 0 saturated carbocycles. The minimum absolute atomic E-state index is 0.583. The van der Waals surface area contributed by atoms with Gasteiger partial charge in [-0.1, -0.05) is 103 Å². The number of hydrogen-bond donors (Lipinski definition) is 0. The summed E-state index contributed by atoms with van der Waals surface area (Å²) in [7, 11) is 0. The molecule has 0 aliphatic heterocycles. The molecule has 4 nitrogen and oxygen atoms in total. The van der Waals surface area contributed by atoms with Gasteiger partial charge >= 0.3 is 0 Å². The van der Waals surface area contributed by atoms with Crippen LogP contribution in [0.15, 0.2) is 138 Å². The summed E-state index contributed by atoms with van der Waals surface area (Å²) in [6.07, 6.45) is 0. The largest absolute Gasteiger partial charge is 0.455 e. The van der Waals surface area contributed by atoms with E-state index in [1.807, 2.05) is 72.8 Å². The highest BCUT2D eigenvalue weighted by Gasteiger charge is 2.19. The lowest BCUT2D eigenvalue weighted by Crippen LogP contribution is -2.00. The Balaban J connectivity index is 1.45. The quantitative estimate of drug-likeness (QED) is 0.215. The minimum Gasteiger partial charge on any atom is -0.455 e. The summed E-state index contributed by atoms with van der Waals surface area (Å²) in [5.74, 6) is 1.77. The van der Waals surface area contributed by atoms with Crippen LogP contribution in [0.1, 0.15) is 0 Å². The predicted molar refractivity (Wildman–Crippen MR) is 171 cm³/mol. The number of furan rings is 1. The molecule has 198 valence electrons. The van der Waals surface area contributed by atoms with Crippen LogP contribution < -0.4 is 0 Å². The predicted octanol–water partition coefficient (Wildman–Crippen LogP) is 10.2. The first-order chi connectivity index (χ1) is 20.7. The van der Waals surface area contributed by atoms with E-state index in [2.05, 4.69) is 60.7 Å². The molecule has 0 saturated heterocycles. The highest BCUT2D eigenvalue weighted by Crippen LogP contribution is 2.41. The van der Waals surface area contributed by atoms with Gasteiger partial charge in [0.25, 0.3) is 0 Å². The molecule has 5 heteroatoms. The van der Waals surface area contributed by atoms with E-state index in [1.165, 1.54) is 0 Å². The van der Waals surface area contributed by atoms with E-state index in [0.29, 0.717) is 22.5 Å². The van der Waals surface area contributed by atoms with Crippen molar-refractivity contribution in [2.75, 3.05) is 0 Å². The zero-order valence-corrected chi connectivity index (χ0v) is 23.1. The van der Waals surface area contributed by atoms with E-state index < -0.39 is 0 Å². The van der Waals surface area contributed by atoms with Crippen LogP contribution in [0.4, 0.5) is 0 Å². The lowest BCUT2D eigenvalue weighted by molar-refractivity contribution is 0.670. The number of aromatic nitrogens is 3. The number of nitrogens with zero attached hydrogens (tertiary/aromatic N) is 3. The van der Waals surface area contributed by atoms with Crippen LogP contribution in [0.25, 0.3) is 78.0 Å². The van der Waals surface area contributed by atoms with Crippen molar-refractivity contribution >= 4 is 44.3 Å². The van der Waals surface area contributed by atoms with Crippen LogP contribution in [-0.4, -0.2) is 15.0 Å². The van der Waals surface area contributed by atoms with Crippen molar-refractivity contribution in [3.63, 3.8) is 0 Å². The molecular formula is C37H22ClN3O. The summed E-state index contributed by atoms with van der Waals surface area (Å²) >= 11 is 6.20. The molecule has 0 fully saturated rings. The van der Waals surface area contributed by atoms with Gasteiger partial charge in [-0.2, -0.15) is 0 Å². The molecule has 0 aliphatic rings. The maximum Gasteiger partial charge on any atom is 0.164 e. The summed E-state index contributed by atoms with van der Waals surface area (Å²) in [6.45, 7) is 0. The van der Waals surface area contributed by atoms with Gasteiger partial charge in [-0.3, -0.25) is 0 Å². The molecule has 0 spiro atoms. The SMILES string of the molecule is Clc1ccc(-c2nc(-c3ccccc3)nc(-c3cc(-c4ccccc4)c4oc5ccc6ccccc6c5c4c3)n2)cc1. The Morgan fingerprint density at radius 2 is 1.07 bits per heavy atom. The molecule has 0 N–H and O–H groups in total. The summed E-state index contributed by atoms with van der Waals surface area (Å²) < 4.78 is 6.57. The third kappa shape index (κ3) is 4.21. The number of benzene rings is 6. The number of fused-ring (bicyclic) bond motifs is 5. The summed E-state index contributed by atoms with van der Waals surface area (Å²) in [5, 5.41) is 5.07. The number of hydrogen-bond acceptors (Lipinski definition) is 4. The Hall–Kier alpha value is -5.32. The molecule has 8 aromatic rings. The van der Waals surface area contributed by atoms with Crippen LogP contribution in [0, 0.1) is 0 Å².